The van der Waals surface area contributed by atoms with E-state index < -0.39 is 11.6 Å². The molecule has 5 heteroatoms. The van der Waals surface area contributed by atoms with Crippen molar-refractivity contribution < 1.29 is 13.9 Å². The van der Waals surface area contributed by atoms with Crippen molar-refractivity contribution in [1.29, 1.82) is 5.26 Å². The Labute approximate surface area is 91.0 Å². The third-order valence-corrected chi connectivity index (χ3v) is 2.07. The Morgan fingerprint density at radius 2 is 2.33 bits per heavy atom. The number of nitriles is 1. The van der Waals surface area contributed by atoms with E-state index in [-0.39, 0.29) is 22.8 Å². The number of rotatable bonds is 3. The van der Waals surface area contributed by atoms with Gasteiger partial charge in [0.2, 0.25) is 0 Å². The van der Waals surface area contributed by atoms with Crippen molar-refractivity contribution >= 4 is 17.4 Å². The van der Waals surface area contributed by atoms with Gasteiger partial charge in [0.15, 0.2) is 11.6 Å². The molecule has 0 radical (unpaired) electrons. The quantitative estimate of drug-likeness (QED) is 0.587. The molecular weight excluding hydrogens is 221 g/mol. The Kier molecular flexibility index (Phi) is 3.64. The standard InChI is InChI=1S/C10H7ClFNO2/c1-15-7-2-6(5-13)10(12)8(3-7)9(14)4-11/h2-3H,4H2,1H3. The predicted molar refractivity (Wildman–Crippen MR) is 52.7 cm³/mol. The van der Waals surface area contributed by atoms with Crippen LogP contribution in [0.2, 0.25) is 0 Å². The molecule has 0 amide bonds. The van der Waals surface area contributed by atoms with E-state index in [1.54, 1.807) is 6.07 Å². The van der Waals surface area contributed by atoms with Gasteiger partial charge in [-0.25, -0.2) is 4.39 Å². The highest BCUT2D eigenvalue weighted by molar-refractivity contribution is 6.30. The van der Waals surface area contributed by atoms with E-state index in [0.29, 0.717) is 0 Å². The second kappa shape index (κ2) is 4.76. The van der Waals surface area contributed by atoms with Gasteiger partial charge in [0.05, 0.1) is 24.1 Å². The van der Waals surface area contributed by atoms with Gasteiger partial charge in [-0.05, 0) is 6.07 Å². The molecular formula is C10H7ClFNO2. The second-order valence-corrected chi connectivity index (χ2v) is 2.97. The average molecular weight is 228 g/mol. The van der Waals surface area contributed by atoms with Crippen LogP contribution >= 0.6 is 11.6 Å². The first-order valence-electron chi connectivity index (χ1n) is 4.00. The van der Waals surface area contributed by atoms with Gasteiger partial charge >= 0.3 is 0 Å². The molecule has 0 saturated heterocycles. The topological polar surface area (TPSA) is 50.1 Å². The van der Waals surface area contributed by atoms with E-state index in [4.69, 9.17) is 21.6 Å². The highest BCUT2D eigenvalue weighted by Crippen LogP contribution is 2.21. The molecule has 0 aliphatic heterocycles. The Morgan fingerprint density at radius 1 is 1.67 bits per heavy atom. The molecule has 0 heterocycles. The second-order valence-electron chi connectivity index (χ2n) is 2.71. The number of carbonyl (C=O) groups excluding carboxylic acids is 1. The number of Topliss-reactive ketones (excluding diaryl/α,β-unsaturated/α-hetero) is 1. The van der Waals surface area contributed by atoms with Crippen molar-refractivity contribution in [3.8, 4) is 11.8 Å². The van der Waals surface area contributed by atoms with Crippen LogP contribution in [0.1, 0.15) is 15.9 Å². The van der Waals surface area contributed by atoms with E-state index in [0.717, 1.165) is 0 Å². The molecule has 15 heavy (non-hydrogen) atoms. The zero-order valence-corrected chi connectivity index (χ0v) is 8.64. The van der Waals surface area contributed by atoms with E-state index in [2.05, 4.69) is 0 Å². The number of hydrogen-bond acceptors (Lipinski definition) is 3. The normalized spacial score (nSPS) is 9.47. The van der Waals surface area contributed by atoms with Gasteiger partial charge in [0, 0.05) is 6.07 Å². The number of ether oxygens (including phenoxy) is 1. The molecule has 1 aromatic rings. The molecule has 0 spiro atoms. The lowest BCUT2D eigenvalue weighted by molar-refractivity contribution is 0.101. The minimum Gasteiger partial charge on any atom is -0.497 e. The molecule has 0 aromatic heterocycles. The number of methoxy groups -OCH3 is 1. The van der Waals surface area contributed by atoms with Gasteiger partial charge < -0.3 is 4.74 Å². The predicted octanol–water partition coefficient (Wildman–Crippen LogP) is 2.13. The number of nitrogens with zero attached hydrogens (tertiary/aromatic N) is 1. The highest BCUT2D eigenvalue weighted by Gasteiger charge is 2.16. The fourth-order valence-corrected chi connectivity index (χ4v) is 1.22. The van der Waals surface area contributed by atoms with Crippen molar-refractivity contribution in [2.45, 2.75) is 0 Å². The van der Waals surface area contributed by atoms with Crippen molar-refractivity contribution in [3.63, 3.8) is 0 Å². The van der Waals surface area contributed by atoms with Crippen LogP contribution in [0.4, 0.5) is 4.39 Å². The fraction of sp³-hybridized carbons (Fsp3) is 0.200. The lowest BCUT2D eigenvalue weighted by Gasteiger charge is -2.05. The maximum atomic E-state index is 13.5. The van der Waals surface area contributed by atoms with Crippen LogP contribution in [0.3, 0.4) is 0 Å². The zero-order valence-electron chi connectivity index (χ0n) is 7.88. The van der Waals surface area contributed by atoms with Gasteiger partial charge in [-0.15, -0.1) is 11.6 Å². The minimum atomic E-state index is -0.857. The SMILES string of the molecule is COc1cc(C#N)c(F)c(C(=O)CCl)c1. The van der Waals surface area contributed by atoms with Gasteiger partial charge in [0.1, 0.15) is 11.8 Å². The monoisotopic (exact) mass is 227 g/mol. The molecule has 0 atom stereocenters. The summed E-state index contributed by atoms with van der Waals surface area (Å²) in [7, 11) is 1.36. The number of halogens is 2. The Hall–Kier alpha value is -1.60. The van der Waals surface area contributed by atoms with Crippen LogP contribution in [0, 0.1) is 17.1 Å². The molecule has 0 aliphatic carbocycles. The largest absolute Gasteiger partial charge is 0.497 e. The van der Waals surface area contributed by atoms with Crippen molar-refractivity contribution in [2.75, 3.05) is 13.0 Å². The van der Waals surface area contributed by atoms with Crippen molar-refractivity contribution in [1.82, 2.24) is 0 Å². The summed E-state index contributed by atoms with van der Waals surface area (Å²) in [4.78, 5) is 11.2. The van der Waals surface area contributed by atoms with Crippen molar-refractivity contribution in [3.05, 3.63) is 29.1 Å². The van der Waals surface area contributed by atoms with Gasteiger partial charge in [-0.1, -0.05) is 0 Å². The van der Waals surface area contributed by atoms with Gasteiger partial charge in [-0.3, -0.25) is 4.79 Å². The molecule has 3 nitrogen and oxygen atoms in total. The summed E-state index contributed by atoms with van der Waals surface area (Å²) in [6.45, 7) is 0. The number of alkyl halides is 1. The van der Waals surface area contributed by atoms with Crippen LogP contribution in [0.5, 0.6) is 5.75 Å². The summed E-state index contributed by atoms with van der Waals surface area (Å²) in [6, 6.07) is 4.08. The van der Waals surface area contributed by atoms with Crippen LogP contribution in [0.15, 0.2) is 12.1 Å². The molecule has 0 unspecified atom stereocenters. The smallest absolute Gasteiger partial charge is 0.180 e. The summed E-state index contributed by atoms with van der Waals surface area (Å²) >= 11 is 5.31. The fourth-order valence-electron chi connectivity index (χ4n) is 1.07. The van der Waals surface area contributed by atoms with E-state index in [9.17, 15) is 9.18 Å². The number of ketones is 1. The van der Waals surface area contributed by atoms with E-state index in [1.165, 1.54) is 19.2 Å². The molecule has 1 aromatic carbocycles. The molecule has 0 N–H and O–H groups in total. The molecule has 0 aliphatic rings. The Balaban J connectivity index is 3.38. The van der Waals surface area contributed by atoms with Crippen LogP contribution in [-0.4, -0.2) is 18.8 Å². The number of carbonyl (C=O) groups is 1. The summed E-state index contributed by atoms with van der Waals surface area (Å²) < 4.78 is 18.3. The van der Waals surface area contributed by atoms with Gasteiger partial charge in [0.25, 0.3) is 0 Å². The third-order valence-electron chi connectivity index (χ3n) is 1.82. The molecule has 0 bridgehead atoms. The van der Waals surface area contributed by atoms with Crippen LogP contribution in [-0.2, 0) is 0 Å². The van der Waals surface area contributed by atoms with Crippen LogP contribution < -0.4 is 4.74 Å². The first-order valence-corrected chi connectivity index (χ1v) is 4.54. The van der Waals surface area contributed by atoms with E-state index in [1.807, 2.05) is 0 Å². The molecule has 0 fully saturated rings. The van der Waals surface area contributed by atoms with Crippen LogP contribution in [0.25, 0.3) is 0 Å². The van der Waals surface area contributed by atoms with E-state index >= 15 is 0 Å². The third kappa shape index (κ3) is 2.25. The van der Waals surface area contributed by atoms with Gasteiger partial charge in [-0.2, -0.15) is 5.26 Å². The lowest BCUT2D eigenvalue weighted by atomic mass is 10.1. The lowest BCUT2D eigenvalue weighted by Crippen LogP contribution is -2.06. The summed E-state index contributed by atoms with van der Waals surface area (Å²) in [5.74, 6) is -1.52. The molecule has 78 valence electrons. The number of benzene rings is 1. The highest BCUT2D eigenvalue weighted by atomic mass is 35.5. The first kappa shape index (κ1) is 11.5. The molecule has 1 rings (SSSR count). The average Bonchev–Trinajstić information content (AvgIpc) is 2.28. The maximum Gasteiger partial charge on any atom is 0.180 e. The summed E-state index contributed by atoms with van der Waals surface area (Å²) in [6.07, 6.45) is 0. The zero-order chi connectivity index (χ0) is 11.4. The maximum absolute atomic E-state index is 13.5. The molecule has 0 saturated carbocycles. The Bertz CT molecular complexity index is 440. The Morgan fingerprint density at radius 3 is 2.80 bits per heavy atom. The van der Waals surface area contributed by atoms with Crippen molar-refractivity contribution in [2.24, 2.45) is 0 Å². The number of hydrogen-bond donors (Lipinski definition) is 0. The first-order chi connectivity index (χ1) is 7.13. The minimum absolute atomic E-state index is 0.221. The summed E-state index contributed by atoms with van der Waals surface area (Å²) in [5.41, 5.74) is -0.455. The summed E-state index contributed by atoms with van der Waals surface area (Å²) in [5, 5.41) is 8.63.